The number of amides is 1. The highest BCUT2D eigenvalue weighted by atomic mass is 35.5. The van der Waals surface area contributed by atoms with Gasteiger partial charge in [-0.15, -0.1) is 5.10 Å². The van der Waals surface area contributed by atoms with E-state index in [0.717, 1.165) is 34.6 Å². The van der Waals surface area contributed by atoms with E-state index in [2.05, 4.69) is 27.3 Å². The lowest BCUT2D eigenvalue weighted by atomic mass is 10.0. The van der Waals surface area contributed by atoms with Crippen LogP contribution >= 0.6 is 23.4 Å². The van der Waals surface area contributed by atoms with E-state index in [-0.39, 0.29) is 17.5 Å². The van der Waals surface area contributed by atoms with Crippen molar-refractivity contribution in [1.82, 2.24) is 19.6 Å². The standard InChI is InChI=1S/C24H23ClFN5OS/c1-4-16-7-5-8-17(11-16)28-22(32)13-33-24-29-23-27-14(2)18(15(3)31(23)30-24)12-19-20(25)9-6-10-21(19)26/h5-11H,4,12-13H2,1-3H3,(H,28,32). The van der Waals surface area contributed by atoms with Gasteiger partial charge in [0.05, 0.1) is 5.75 Å². The fourth-order valence-corrected chi connectivity index (χ4v) is 4.43. The van der Waals surface area contributed by atoms with Gasteiger partial charge in [0.25, 0.3) is 5.78 Å². The third-order valence-electron chi connectivity index (χ3n) is 5.40. The molecule has 0 unspecified atom stereocenters. The first-order valence-electron chi connectivity index (χ1n) is 10.5. The Bertz CT molecular complexity index is 1320. The van der Waals surface area contributed by atoms with Crippen LogP contribution in [0.3, 0.4) is 0 Å². The smallest absolute Gasteiger partial charge is 0.253 e. The number of carbonyl (C=O) groups excluding carboxylic acids is 1. The second-order valence-electron chi connectivity index (χ2n) is 7.64. The molecule has 2 heterocycles. The summed E-state index contributed by atoms with van der Waals surface area (Å²) in [5.74, 6) is 0.115. The minimum absolute atomic E-state index is 0.136. The first-order chi connectivity index (χ1) is 15.9. The molecule has 0 atom stereocenters. The molecule has 0 fully saturated rings. The number of hydrogen-bond donors (Lipinski definition) is 1. The van der Waals surface area contributed by atoms with Crippen LogP contribution < -0.4 is 5.32 Å². The van der Waals surface area contributed by atoms with Crippen molar-refractivity contribution < 1.29 is 9.18 Å². The van der Waals surface area contributed by atoms with Crippen LogP contribution in [0.4, 0.5) is 10.1 Å². The lowest BCUT2D eigenvalue weighted by Crippen LogP contribution is -2.14. The molecule has 2 aromatic carbocycles. The lowest BCUT2D eigenvalue weighted by molar-refractivity contribution is -0.113. The Morgan fingerprint density at radius 1 is 1.15 bits per heavy atom. The summed E-state index contributed by atoms with van der Waals surface area (Å²) in [6.07, 6.45) is 1.20. The Morgan fingerprint density at radius 2 is 1.94 bits per heavy atom. The van der Waals surface area contributed by atoms with Crippen molar-refractivity contribution in [2.75, 3.05) is 11.1 Å². The number of nitrogens with one attached hydrogen (secondary N) is 1. The first-order valence-corrected chi connectivity index (χ1v) is 11.9. The zero-order valence-corrected chi connectivity index (χ0v) is 20.1. The van der Waals surface area contributed by atoms with Gasteiger partial charge >= 0.3 is 0 Å². The number of aryl methyl sites for hydroxylation is 3. The van der Waals surface area contributed by atoms with Gasteiger partial charge < -0.3 is 5.32 Å². The van der Waals surface area contributed by atoms with E-state index in [9.17, 15) is 9.18 Å². The first kappa shape index (κ1) is 23.2. The fourth-order valence-electron chi connectivity index (χ4n) is 3.58. The monoisotopic (exact) mass is 483 g/mol. The Kier molecular flexibility index (Phi) is 6.95. The number of rotatable bonds is 7. The topological polar surface area (TPSA) is 72.2 Å². The van der Waals surface area contributed by atoms with Crippen molar-refractivity contribution >= 4 is 40.7 Å². The van der Waals surface area contributed by atoms with Crippen LogP contribution in [0.1, 0.15) is 35.0 Å². The predicted molar refractivity (Wildman–Crippen MR) is 130 cm³/mol. The van der Waals surface area contributed by atoms with Gasteiger partial charge in [0, 0.05) is 34.1 Å². The maximum Gasteiger partial charge on any atom is 0.253 e. The fraction of sp³-hybridized carbons (Fsp3) is 0.250. The molecule has 9 heteroatoms. The molecule has 0 radical (unpaired) electrons. The van der Waals surface area contributed by atoms with E-state index in [1.54, 1.807) is 16.6 Å². The number of hydrogen-bond acceptors (Lipinski definition) is 5. The minimum atomic E-state index is -0.355. The highest BCUT2D eigenvalue weighted by Crippen LogP contribution is 2.26. The van der Waals surface area contributed by atoms with E-state index in [4.69, 9.17) is 11.6 Å². The quantitative estimate of drug-likeness (QED) is 0.355. The van der Waals surface area contributed by atoms with Crippen LogP contribution in [0.15, 0.2) is 47.6 Å². The van der Waals surface area contributed by atoms with Gasteiger partial charge in [0.1, 0.15) is 5.82 Å². The van der Waals surface area contributed by atoms with Gasteiger partial charge in [-0.3, -0.25) is 4.79 Å². The lowest BCUT2D eigenvalue weighted by Gasteiger charge is -2.12. The average molecular weight is 484 g/mol. The molecular formula is C24H23ClFN5OS. The van der Waals surface area contributed by atoms with Crippen LogP contribution in [0.5, 0.6) is 0 Å². The van der Waals surface area contributed by atoms with Gasteiger partial charge in [0.15, 0.2) is 0 Å². The number of aromatic nitrogens is 4. The number of fused-ring (bicyclic) bond motifs is 1. The second-order valence-corrected chi connectivity index (χ2v) is 8.98. The molecule has 33 heavy (non-hydrogen) atoms. The van der Waals surface area contributed by atoms with E-state index >= 15 is 0 Å². The van der Waals surface area contributed by atoms with E-state index in [1.165, 1.54) is 17.8 Å². The van der Waals surface area contributed by atoms with Crippen molar-refractivity contribution in [2.45, 2.75) is 38.8 Å². The van der Waals surface area contributed by atoms with Crippen molar-refractivity contribution in [1.29, 1.82) is 0 Å². The van der Waals surface area contributed by atoms with E-state index in [0.29, 0.717) is 27.9 Å². The van der Waals surface area contributed by atoms with Crippen LogP contribution in [0, 0.1) is 19.7 Å². The van der Waals surface area contributed by atoms with E-state index < -0.39 is 0 Å². The summed E-state index contributed by atoms with van der Waals surface area (Å²) >= 11 is 7.45. The van der Waals surface area contributed by atoms with Crippen LogP contribution in [0.2, 0.25) is 5.02 Å². The normalized spacial score (nSPS) is 11.2. The molecule has 1 N–H and O–H groups in total. The number of nitrogens with zero attached hydrogens (tertiary/aromatic N) is 4. The highest BCUT2D eigenvalue weighted by Gasteiger charge is 2.17. The Hall–Kier alpha value is -2.97. The molecular weight excluding hydrogens is 461 g/mol. The van der Waals surface area contributed by atoms with Gasteiger partial charge in [0.2, 0.25) is 11.1 Å². The van der Waals surface area contributed by atoms with Crippen molar-refractivity contribution in [3.8, 4) is 0 Å². The Morgan fingerprint density at radius 3 is 2.70 bits per heavy atom. The number of anilines is 1. The molecule has 0 saturated heterocycles. The van der Waals surface area contributed by atoms with Crippen molar-refractivity contribution in [3.63, 3.8) is 0 Å². The predicted octanol–water partition coefficient (Wildman–Crippen LogP) is 5.42. The summed E-state index contributed by atoms with van der Waals surface area (Å²) in [4.78, 5) is 21.4. The third-order valence-corrected chi connectivity index (χ3v) is 6.59. The second kappa shape index (κ2) is 9.89. The number of benzene rings is 2. The largest absolute Gasteiger partial charge is 0.325 e. The summed E-state index contributed by atoms with van der Waals surface area (Å²) in [6.45, 7) is 5.82. The van der Waals surface area contributed by atoms with Gasteiger partial charge in [-0.1, -0.05) is 48.5 Å². The van der Waals surface area contributed by atoms with Crippen LogP contribution in [-0.4, -0.2) is 31.2 Å². The summed E-state index contributed by atoms with van der Waals surface area (Å²) in [7, 11) is 0. The Balaban J connectivity index is 1.51. The number of thioether (sulfide) groups is 1. The highest BCUT2D eigenvalue weighted by molar-refractivity contribution is 7.99. The summed E-state index contributed by atoms with van der Waals surface area (Å²) in [5, 5.41) is 8.23. The molecule has 1 amide bonds. The minimum Gasteiger partial charge on any atom is -0.325 e. The summed E-state index contributed by atoms with van der Waals surface area (Å²) in [5.41, 5.74) is 4.72. The molecule has 0 saturated carbocycles. The van der Waals surface area contributed by atoms with Gasteiger partial charge in [-0.05, 0) is 55.7 Å². The molecule has 4 rings (SSSR count). The summed E-state index contributed by atoms with van der Waals surface area (Å²) < 4.78 is 15.9. The average Bonchev–Trinajstić information content (AvgIpc) is 3.20. The molecule has 0 aliphatic heterocycles. The molecule has 0 aliphatic carbocycles. The van der Waals surface area contributed by atoms with Crippen molar-refractivity contribution in [2.24, 2.45) is 0 Å². The Labute approximate surface area is 200 Å². The van der Waals surface area contributed by atoms with Crippen molar-refractivity contribution in [3.05, 3.63) is 81.4 Å². The van der Waals surface area contributed by atoms with E-state index in [1.807, 2.05) is 38.1 Å². The van der Waals surface area contributed by atoms with Crippen LogP contribution in [0.25, 0.3) is 5.78 Å². The molecule has 170 valence electrons. The summed E-state index contributed by atoms with van der Waals surface area (Å²) in [6, 6.07) is 12.4. The van der Waals surface area contributed by atoms with Gasteiger partial charge in [-0.2, -0.15) is 4.98 Å². The molecule has 0 spiro atoms. The molecule has 6 nitrogen and oxygen atoms in total. The molecule has 0 aliphatic rings. The molecule has 4 aromatic rings. The zero-order chi connectivity index (χ0) is 23.5. The maximum atomic E-state index is 14.3. The SMILES string of the molecule is CCc1cccc(NC(=O)CSc2nc3nc(C)c(Cc4c(F)cccc4Cl)c(C)n3n2)c1. The zero-order valence-electron chi connectivity index (χ0n) is 18.5. The molecule has 2 aromatic heterocycles. The van der Waals surface area contributed by atoms with Crippen LogP contribution in [-0.2, 0) is 17.6 Å². The number of halogens is 2. The third kappa shape index (κ3) is 5.17. The number of carbonyl (C=O) groups is 1. The maximum absolute atomic E-state index is 14.3. The van der Waals surface area contributed by atoms with Gasteiger partial charge in [-0.25, -0.2) is 13.9 Å². The molecule has 0 bridgehead atoms.